The maximum Gasteiger partial charge on any atom is 0.322 e. The van der Waals surface area contributed by atoms with Crippen molar-refractivity contribution in [1.82, 2.24) is 4.31 Å². The van der Waals surface area contributed by atoms with Crippen LogP contribution >= 0.6 is 0 Å². The zero-order valence-electron chi connectivity index (χ0n) is 13.3. The molecule has 1 aliphatic carbocycles. The van der Waals surface area contributed by atoms with Crippen molar-refractivity contribution >= 4 is 16.0 Å². The Morgan fingerprint density at radius 1 is 1.33 bits per heavy atom. The lowest BCUT2D eigenvalue weighted by atomic mass is 9.85. The summed E-state index contributed by atoms with van der Waals surface area (Å²) in [6.45, 7) is 0. The summed E-state index contributed by atoms with van der Waals surface area (Å²) in [7, 11) is -3.76. The zero-order chi connectivity index (χ0) is 17.3. The number of nitrogens with zero attached hydrogens (tertiary/aromatic N) is 2. The van der Waals surface area contributed by atoms with Crippen molar-refractivity contribution < 1.29 is 18.3 Å². The number of sulfonamides is 1. The number of carboxylic acids is 1. The standard InChI is InChI=1S/C17H20N2O4S/c18-10-12-4-3-5-13(8-12)11-24(22,23)19-15-7-2-1-6-14(15)9-16(19)17(20)21/h3-5,8,14-16H,1-2,6-7,9,11H2,(H,20,21). The highest BCUT2D eigenvalue weighted by Crippen LogP contribution is 2.42. The van der Waals surface area contributed by atoms with E-state index in [4.69, 9.17) is 5.26 Å². The third-order valence-electron chi connectivity index (χ3n) is 5.04. The van der Waals surface area contributed by atoms with Crippen LogP contribution in [0.25, 0.3) is 0 Å². The molecule has 1 saturated carbocycles. The van der Waals surface area contributed by atoms with E-state index in [1.165, 1.54) is 4.31 Å². The molecule has 1 aromatic rings. The van der Waals surface area contributed by atoms with Gasteiger partial charge in [0.2, 0.25) is 10.0 Å². The molecule has 3 rings (SSSR count). The highest BCUT2D eigenvalue weighted by molar-refractivity contribution is 7.88. The molecule has 1 saturated heterocycles. The fraction of sp³-hybridized carbons (Fsp3) is 0.529. The third-order valence-corrected chi connectivity index (χ3v) is 6.91. The van der Waals surface area contributed by atoms with Gasteiger partial charge in [0, 0.05) is 6.04 Å². The molecule has 128 valence electrons. The lowest BCUT2D eigenvalue weighted by Gasteiger charge is -2.32. The lowest BCUT2D eigenvalue weighted by Crippen LogP contribution is -2.46. The molecule has 3 atom stereocenters. The second-order valence-corrected chi connectivity index (χ2v) is 8.47. The van der Waals surface area contributed by atoms with Crippen LogP contribution in [-0.2, 0) is 20.6 Å². The predicted octanol–water partition coefficient (Wildman–Crippen LogP) is 2.11. The van der Waals surface area contributed by atoms with Gasteiger partial charge in [-0.05, 0) is 42.9 Å². The second-order valence-electron chi connectivity index (χ2n) is 6.60. The van der Waals surface area contributed by atoms with E-state index in [0.29, 0.717) is 17.5 Å². The first kappa shape index (κ1) is 16.9. The molecule has 2 fully saturated rings. The van der Waals surface area contributed by atoms with Crippen molar-refractivity contribution in [3.05, 3.63) is 35.4 Å². The number of aliphatic carboxylic acids is 1. The van der Waals surface area contributed by atoms with Gasteiger partial charge in [0.15, 0.2) is 0 Å². The second kappa shape index (κ2) is 6.54. The van der Waals surface area contributed by atoms with Gasteiger partial charge in [-0.2, -0.15) is 9.57 Å². The molecular weight excluding hydrogens is 328 g/mol. The van der Waals surface area contributed by atoms with Crippen LogP contribution in [-0.4, -0.2) is 35.9 Å². The number of fused-ring (bicyclic) bond motifs is 1. The number of carbonyl (C=O) groups is 1. The fourth-order valence-corrected chi connectivity index (χ4v) is 6.05. The van der Waals surface area contributed by atoms with Crippen LogP contribution in [0.2, 0.25) is 0 Å². The summed E-state index contributed by atoms with van der Waals surface area (Å²) in [5.41, 5.74) is 0.909. The number of hydrogen-bond acceptors (Lipinski definition) is 4. The minimum absolute atomic E-state index is 0.139. The molecule has 3 unspecified atom stereocenters. The summed E-state index contributed by atoms with van der Waals surface area (Å²) in [5.74, 6) is -1.20. The van der Waals surface area contributed by atoms with Crippen LogP contribution in [0.15, 0.2) is 24.3 Å². The van der Waals surface area contributed by atoms with E-state index < -0.39 is 22.0 Å². The van der Waals surface area contributed by atoms with Gasteiger partial charge in [0.05, 0.1) is 17.4 Å². The highest BCUT2D eigenvalue weighted by atomic mass is 32.2. The Hall–Kier alpha value is -1.91. The third kappa shape index (κ3) is 3.17. The van der Waals surface area contributed by atoms with Gasteiger partial charge in [-0.1, -0.05) is 25.0 Å². The Kier molecular flexibility index (Phi) is 4.61. The molecule has 1 aliphatic heterocycles. The summed E-state index contributed by atoms with van der Waals surface area (Å²) in [6.07, 6.45) is 3.99. The number of rotatable bonds is 4. The maximum atomic E-state index is 13.0. The van der Waals surface area contributed by atoms with Crippen LogP contribution in [0.3, 0.4) is 0 Å². The molecule has 0 amide bonds. The summed E-state index contributed by atoms with van der Waals surface area (Å²) >= 11 is 0. The molecule has 6 nitrogen and oxygen atoms in total. The normalized spacial score (nSPS) is 27.4. The Bertz CT molecular complexity index is 784. The number of hydrogen-bond donors (Lipinski definition) is 1. The molecule has 7 heteroatoms. The molecule has 2 aliphatic rings. The fourth-order valence-electron chi connectivity index (χ4n) is 4.05. The monoisotopic (exact) mass is 348 g/mol. The van der Waals surface area contributed by atoms with E-state index >= 15 is 0 Å². The van der Waals surface area contributed by atoms with Crippen molar-refractivity contribution in [2.45, 2.75) is 49.9 Å². The zero-order valence-corrected chi connectivity index (χ0v) is 14.1. The van der Waals surface area contributed by atoms with E-state index in [2.05, 4.69) is 0 Å². The number of nitriles is 1. The van der Waals surface area contributed by atoms with Gasteiger partial charge in [0.25, 0.3) is 0 Å². The molecule has 1 heterocycles. The average molecular weight is 348 g/mol. The maximum absolute atomic E-state index is 13.0. The number of carboxylic acid groups (broad SMARTS) is 1. The van der Waals surface area contributed by atoms with Gasteiger partial charge in [-0.3, -0.25) is 4.79 Å². The average Bonchev–Trinajstić information content (AvgIpc) is 2.95. The topological polar surface area (TPSA) is 98.5 Å². The van der Waals surface area contributed by atoms with Gasteiger partial charge < -0.3 is 5.11 Å². The first-order chi connectivity index (χ1) is 11.4. The first-order valence-electron chi connectivity index (χ1n) is 8.15. The Labute approximate surface area is 141 Å². The van der Waals surface area contributed by atoms with Crippen LogP contribution < -0.4 is 0 Å². The molecule has 1 N–H and O–H groups in total. The van der Waals surface area contributed by atoms with E-state index in [9.17, 15) is 18.3 Å². The van der Waals surface area contributed by atoms with Crippen LogP contribution in [0.4, 0.5) is 0 Å². The van der Waals surface area contributed by atoms with Gasteiger partial charge in [0.1, 0.15) is 6.04 Å². The van der Waals surface area contributed by atoms with Crippen LogP contribution in [0.1, 0.15) is 43.2 Å². The van der Waals surface area contributed by atoms with Crippen molar-refractivity contribution in [2.75, 3.05) is 0 Å². The SMILES string of the molecule is N#Cc1cccc(CS(=O)(=O)N2C(C(=O)O)CC3CCCCC32)c1. The summed E-state index contributed by atoms with van der Waals surface area (Å²) in [5, 5.41) is 18.4. The summed E-state index contributed by atoms with van der Waals surface area (Å²) in [4.78, 5) is 11.6. The summed E-state index contributed by atoms with van der Waals surface area (Å²) in [6, 6.07) is 7.27. The molecular formula is C17H20N2O4S. The lowest BCUT2D eigenvalue weighted by molar-refractivity contribution is -0.141. The Balaban J connectivity index is 1.91. The summed E-state index contributed by atoms with van der Waals surface area (Å²) < 4.78 is 27.2. The molecule has 24 heavy (non-hydrogen) atoms. The van der Waals surface area contributed by atoms with Crippen LogP contribution in [0.5, 0.6) is 0 Å². The van der Waals surface area contributed by atoms with Crippen molar-refractivity contribution in [3.8, 4) is 6.07 Å². The molecule has 0 bridgehead atoms. The van der Waals surface area contributed by atoms with E-state index in [1.807, 2.05) is 6.07 Å². The Morgan fingerprint density at radius 3 is 2.79 bits per heavy atom. The molecule has 1 aromatic carbocycles. The van der Waals surface area contributed by atoms with Gasteiger partial charge in [-0.15, -0.1) is 0 Å². The first-order valence-corrected chi connectivity index (χ1v) is 9.76. The van der Waals surface area contributed by atoms with Crippen molar-refractivity contribution in [1.29, 1.82) is 5.26 Å². The van der Waals surface area contributed by atoms with Crippen molar-refractivity contribution in [2.24, 2.45) is 5.92 Å². The smallest absolute Gasteiger partial charge is 0.322 e. The van der Waals surface area contributed by atoms with Gasteiger partial charge >= 0.3 is 5.97 Å². The van der Waals surface area contributed by atoms with E-state index in [0.717, 1.165) is 25.7 Å². The Morgan fingerprint density at radius 2 is 2.08 bits per heavy atom. The minimum Gasteiger partial charge on any atom is -0.480 e. The molecule has 0 spiro atoms. The predicted molar refractivity (Wildman–Crippen MR) is 87.4 cm³/mol. The van der Waals surface area contributed by atoms with Gasteiger partial charge in [-0.25, -0.2) is 8.42 Å². The minimum atomic E-state index is -3.76. The molecule has 0 radical (unpaired) electrons. The van der Waals surface area contributed by atoms with E-state index in [1.54, 1.807) is 24.3 Å². The molecule has 0 aromatic heterocycles. The van der Waals surface area contributed by atoms with E-state index in [-0.39, 0.29) is 17.7 Å². The van der Waals surface area contributed by atoms with Crippen LogP contribution in [0, 0.1) is 17.2 Å². The largest absolute Gasteiger partial charge is 0.480 e. The number of benzene rings is 1. The quantitative estimate of drug-likeness (QED) is 0.898. The highest BCUT2D eigenvalue weighted by Gasteiger charge is 2.50. The van der Waals surface area contributed by atoms with Crippen molar-refractivity contribution in [3.63, 3.8) is 0 Å².